The quantitative estimate of drug-likeness (QED) is 0.655. The van der Waals surface area contributed by atoms with Crippen LogP contribution >= 0.6 is 0 Å². The summed E-state index contributed by atoms with van der Waals surface area (Å²) in [6, 6.07) is 5.71. The smallest absolute Gasteiger partial charge is 0.115 e. The maximum absolute atomic E-state index is 9.33. The molecule has 3 heteroatoms. The predicted molar refractivity (Wildman–Crippen MR) is 54.3 cm³/mol. The molecular formula is C11H15NO2. The molecule has 2 rings (SSSR count). The lowest BCUT2D eigenvalue weighted by Gasteiger charge is -2.26. The Hall–Kier alpha value is -1.06. The summed E-state index contributed by atoms with van der Waals surface area (Å²) < 4.78 is 0. The van der Waals surface area contributed by atoms with Crippen molar-refractivity contribution in [1.29, 1.82) is 0 Å². The molecule has 14 heavy (non-hydrogen) atoms. The standard InChI is InChI=1S/C11H15NO2/c13-6-4-11-10-2-1-9(14)7-8(10)3-5-12-11/h1-2,7,11-14H,3-6H2. The largest absolute Gasteiger partial charge is 0.508 e. The molecule has 1 aliphatic rings. The first-order valence-corrected chi connectivity index (χ1v) is 4.97. The molecular weight excluding hydrogens is 178 g/mol. The number of aliphatic hydroxyl groups excluding tert-OH is 1. The van der Waals surface area contributed by atoms with E-state index < -0.39 is 0 Å². The van der Waals surface area contributed by atoms with Gasteiger partial charge in [-0.2, -0.15) is 0 Å². The average molecular weight is 193 g/mol. The highest BCUT2D eigenvalue weighted by Crippen LogP contribution is 2.27. The van der Waals surface area contributed by atoms with Gasteiger partial charge < -0.3 is 15.5 Å². The Bertz CT molecular complexity index is 325. The molecule has 0 fully saturated rings. The minimum atomic E-state index is 0.192. The van der Waals surface area contributed by atoms with Crippen LogP contribution in [-0.2, 0) is 6.42 Å². The van der Waals surface area contributed by atoms with Gasteiger partial charge in [0.25, 0.3) is 0 Å². The lowest BCUT2D eigenvalue weighted by atomic mass is 9.92. The molecule has 76 valence electrons. The van der Waals surface area contributed by atoms with Gasteiger partial charge in [-0.15, -0.1) is 0 Å². The van der Waals surface area contributed by atoms with E-state index in [0.29, 0.717) is 5.75 Å². The molecule has 0 saturated carbocycles. The van der Waals surface area contributed by atoms with Gasteiger partial charge in [0.05, 0.1) is 0 Å². The molecule has 1 unspecified atom stereocenters. The SMILES string of the molecule is OCCC1NCCc2cc(O)ccc21. The molecule has 3 N–H and O–H groups in total. The minimum Gasteiger partial charge on any atom is -0.508 e. The van der Waals surface area contributed by atoms with Gasteiger partial charge in [0, 0.05) is 12.6 Å². The van der Waals surface area contributed by atoms with E-state index in [0.717, 1.165) is 19.4 Å². The third-order valence-electron chi connectivity index (χ3n) is 2.70. The zero-order valence-corrected chi connectivity index (χ0v) is 8.03. The zero-order valence-electron chi connectivity index (χ0n) is 8.03. The number of benzene rings is 1. The van der Waals surface area contributed by atoms with Crippen molar-refractivity contribution in [3.63, 3.8) is 0 Å². The van der Waals surface area contributed by atoms with Crippen molar-refractivity contribution in [1.82, 2.24) is 5.32 Å². The van der Waals surface area contributed by atoms with Crippen LogP contribution in [0.25, 0.3) is 0 Å². The summed E-state index contributed by atoms with van der Waals surface area (Å²) in [5, 5.41) is 21.6. The molecule has 1 atom stereocenters. The van der Waals surface area contributed by atoms with Crippen molar-refractivity contribution in [3.05, 3.63) is 29.3 Å². The van der Waals surface area contributed by atoms with E-state index in [1.807, 2.05) is 12.1 Å². The van der Waals surface area contributed by atoms with E-state index in [9.17, 15) is 5.11 Å². The van der Waals surface area contributed by atoms with Crippen LogP contribution < -0.4 is 5.32 Å². The summed E-state index contributed by atoms with van der Waals surface area (Å²) >= 11 is 0. The third-order valence-corrected chi connectivity index (χ3v) is 2.70. The maximum atomic E-state index is 9.33. The molecule has 0 aliphatic carbocycles. The van der Waals surface area contributed by atoms with E-state index in [1.165, 1.54) is 11.1 Å². The highest BCUT2D eigenvalue weighted by molar-refractivity contribution is 5.38. The molecule has 0 aromatic heterocycles. The normalized spacial score (nSPS) is 20.5. The molecule has 0 amide bonds. The van der Waals surface area contributed by atoms with Gasteiger partial charge in [0.1, 0.15) is 5.75 Å². The van der Waals surface area contributed by atoms with Crippen LogP contribution in [0.2, 0.25) is 0 Å². The number of fused-ring (bicyclic) bond motifs is 1. The number of phenols is 1. The number of aliphatic hydroxyl groups is 1. The molecule has 1 aromatic carbocycles. The van der Waals surface area contributed by atoms with Gasteiger partial charge in [-0.05, 0) is 42.6 Å². The van der Waals surface area contributed by atoms with Crippen LogP contribution in [0.4, 0.5) is 0 Å². The van der Waals surface area contributed by atoms with Crippen LogP contribution in [0.1, 0.15) is 23.6 Å². The van der Waals surface area contributed by atoms with E-state index >= 15 is 0 Å². The van der Waals surface area contributed by atoms with Crippen LogP contribution in [0.5, 0.6) is 5.75 Å². The molecule has 0 saturated heterocycles. The maximum Gasteiger partial charge on any atom is 0.115 e. The third kappa shape index (κ3) is 1.74. The number of hydrogen-bond donors (Lipinski definition) is 3. The number of nitrogens with one attached hydrogen (secondary N) is 1. The van der Waals surface area contributed by atoms with E-state index in [-0.39, 0.29) is 12.6 Å². The van der Waals surface area contributed by atoms with Gasteiger partial charge in [0.15, 0.2) is 0 Å². The molecule has 1 aromatic rings. The van der Waals surface area contributed by atoms with Crippen molar-refractivity contribution in [3.8, 4) is 5.75 Å². The lowest BCUT2D eigenvalue weighted by Crippen LogP contribution is -2.30. The van der Waals surface area contributed by atoms with Crippen LogP contribution in [0.15, 0.2) is 18.2 Å². The first-order valence-electron chi connectivity index (χ1n) is 4.97. The summed E-state index contributed by atoms with van der Waals surface area (Å²) in [5.74, 6) is 0.327. The number of hydrogen-bond acceptors (Lipinski definition) is 3. The minimum absolute atomic E-state index is 0.192. The summed E-state index contributed by atoms with van der Waals surface area (Å²) in [5.41, 5.74) is 2.41. The first kappa shape index (κ1) is 9.49. The zero-order chi connectivity index (χ0) is 9.97. The fraction of sp³-hybridized carbons (Fsp3) is 0.455. The molecule has 0 spiro atoms. The number of rotatable bonds is 2. The van der Waals surface area contributed by atoms with Crippen molar-refractivity contribution < 1.29 is 10.2 Å². The van der Waals surface area contributed by atoms with Gasteiger partial charge >= 0.3 is 0 Å². The highest BCUT2D eigenvalue weighted by atomic mass is 16.3. The van der Waals surface area contributed by atoms with Crippen LogP contribution in [0.3, 0.4) is 0 Å². The Morgan fingerprint density at radius 3 is 3.07 bits per heavy atom. The second-order valence-corrected chi connectivity index (χ2v) is 3.65. The fourth-order valence-corrected chi connectivity index (χ4v) is 2.03. The second kappa shape index (κ2) is 3.98. The van der Waals surface area contributed by atoms with Gasteiger partial charge in [-0.25, -0.2) is 0 Å². The van der Waals surface area contributed by atoms with E-state index in [2.05, 4.69) is 5.32 Å². The number of aromatic hydroxyl groups is 1. The van der Waals surface area contributed by atoms with E-state index in [1.54, 1.807) is 6.07 Å². The molecule has 3 nitrogen and oxygen atoms in total. The van der Waals surface area contributed by atoms with Crippen molar-refractivity contribution in [2.24, 2.45) is 0 Å². The Labute approximate surface area is 83.4 Å². The second-order valence-electron chi connectivity index (χ2n) is 3.65. The predicted octanol–water partition coefficient (Wildman–Crippen LogP) is 0.961. The summed E-state index contributed by atoms with van der Waals surface area (Å²) in [6.07, 6.45) is 1.68. The number of phenolic OH excluding ortho intramolecular Hbond substituents is 1. The van der Waals surface area contributed by atoms with Crippen LogP contribution in [0, 0.1) is 0 Å². The summed E-state index contributed by atoms with van der Waals surface area (Å²) in [7, 11) is 0. The Kier molecular flexibility index (Phi) is 2.70. The molecule has 0 bridgehead atoms. The summed E-state index contributed by atoms with van der Waals surface area (Å²) in [6.45, 7) is 1.11. The van der Waals surface area contributed by atoms with Crippen molar-refractivity contribution in [2.75, 3.05) is 13.2 Å². The first-order chi connectivity index (χ1) is 6.81. The van der Waals surface area contributed by atoms with Crippen molar-refractivity contribution >= 4 is 0 Å². The Balaban J connectivity index is 2.30. The Morgan fingerprint density at radius 2 is 2.29 bits per heavy atom. The van der Waals surface area contributed by atoms with E-state index in [4.69, 9.17) is 5.11 Å². The Morgan fingerprint density at radius 1 is 1.43 bits per heavy atom. The average Bonchev–Trinajstić information content (AvgIpc) is 2.18. The summed E-state index contributed by atoms with van der Waals surface area (Å²) in [4.78, 5) is 0. The van der Waals surface area contributed by atoms with Gasteiger partial charge in [-0.1, -0.05) is 6.07 Å². The molecule has 1 heterocycles. The fourth-order valence-electron chi connectivity index (χ4n) is 2.03. The van der Waals surface area contributed by atoms with Crippen LogP contribution in [-0.4, -0.2) is 23.4 Å². The lowest BCUT2D eigenvalue weighted by molar-refractivity contribution is 0.263. The topological polar surface area (TPSA) is 52.5 Å². The monoisotopic (exact) mass is 193 g/mol. The molecule has 1 aliphatic heterocycles. The van der Waals surface area contributed by atoms with Crippen molar-refractivity contribution in [2.45, 2.75) is 18.9 Å². The van der Waals surface area contributed by atoms with Gasteiger partial charge in [0.2, 0.25) is 0 Å². The highest BCUT2D eigenvalue weighted by Gasteiger charge is 2.18. The van der Waals surface area contributed by atoms with Gasteiger partial charge in [-0.3, -0.25) is 0 Å². The molecule has 0 radical (unpaired) electrons.